The summed E-state index contributed by atoms with van der Waals surface area (Å²) in [6, 6.07) is 17.1. The summed E-state index contributed by atoms with van der Waals surface area (Å²) >= 11 is 0. The van der Waals surface area contributed by atoms with Crippen molar-refractivity contribution in [3.8, 4) is 0 Å². The molecule has 0 fully saturated rings. The summed E-state index contributed by atoms with van der Waals surface area (Å²) < 4.78 is 37.7. The summed E-state index contributed by atoms with van der Waals surface area (Å²) in [6.45, 7) is 2.55. The van der Waals surface area contributed by atoms with Crippen LogP contribution in [0.4, 0.5) is 11.4 Å². The molecule has 2 aromatic carbocycles. The zero-order valence-electron chi connectivity index (χ0n) is 18.1. The summed E-state index contributed by atoms with van der Waals surface area (Å²) in [5.41, 5.74) is 2.43. The summed E-state index contributed by atoms with van der Waals surface area (Å²) in [4.78, 5) is 0.104. The first kappa shape index (κ1) is 25.8. The van der Waals surface area contributed by atoms with E-state index in [0.717, 1.165) is 30.5 Å². The number of nitrogens with one attached hydrogen (secondary N) is 1. The molecule has 5 nitrogen and oxygen atoms in total. The molecule has 1 unspecified atom stereocenters. The topological polar surface area (TPSA) is 72.5 Å². The third-order valence-corrected chi connectivity index (χ3v) is 7.03. The van der Waals surface area contributed by atoms with Crippen molar-refractivity contribution in [2.75, 3.05) is 10.2 Å². The molecule has 0 bridgehead atoms. The van der Waals surface area contributed by atoms with Crippen molar-refractivity contribution in [3.05, 3.63) is 60.2 Å². The van der Waals surface area contributed by atoms with E-state index in [1.54, 1.807) is 4.90 Å². The van der Waals surface area contributed by atoms with E-state index in [1.165, 1.54) is 19.3 Å². The number of para-hydroxylation sites is 2. The van der Waals surface area contributed by atoms with E-state index in [9.17, 15) is 13.0 Å². The number of nitrogens with zero attached hydrogens (tertiary/aromatic N) is 1. The van der Waals surface area contributed by atoms with Gasteiger partial charge in [0, 0.05) is 13.0 Å². The molecule has 0 amide bonds. The Morgan fingerprint density at radius 2 is 1.50 bits per heavy atom. The Hall–Kier alpha value is -0.414. The molecular weight excluding hydrogens is 423 g/mol. The van der Waals surface area contributed by atoms with Crippen LogP contribution in [0.5, 0.6) is 0 Å². The van der Waals surface area contributed by atoms with Crippen LogP contribution >= 0.6 is 0 Å². The van der Waals surface area contributed by atoms with Gasteiger partial charge >= 0.3 is 51.4 Å². The zero-order valence-corrected chi connectivity index (χ0v) is 22.1. The van der Waals surface area contributed by atoms with E-state index >= 15 is 0 Å². The second kappa shape index (κ2) is 12.0. The molecule has 0 saturated carbocycles. The van der Waals surface area contributed by atoms with Gasteiger partial charge in [-0.05, 0) is 24.1 Å². The minimum Gasteiger partial charge on any atom is -0.745 e. The number of rotatable bonds is 11. The summed E-state index contributed by atoms with van der Waals surface area (Å²) in [5, 5.41) is 3.09. The number of benzene rings is 2. The van der Waals surface area contributed by atoms with E-state index in [-0.39, 0.29) is 57.8 Å². The third-order valence-electron chi connectivity index (χ3n) is 5.68. The molecule has 0 spiro atoms. The van der Waals surface area contributed by atoms with E-state index in [0.29, 0.717) is 18.7 Å². The molecule has 1 atom stereocenters. The van der Waals surface area contributed by atoms with Gasteiger partial charge in [-0.15, -0.1) is 0 Å². The predicted octanol–water partition coefficient (Wildman–Crippen LogP) is 2.46. The monoisotopic (exact) mass is 454 g/mol. The van der Waals surface area contributed by atoms with Gasteiger partial charge in [0.05, 0.1) is 11.4 Å². The third kappa shape index (κ3) is 6.09. The molecule has 1 heterocycles. The molecule has 0 radical (unpaired) electrons. The van der Waals surface area contributed by atoms with Crippen molar-refractivity contribution in [3.63, 3.8) is 0 Å². The van der Waals surface area contributed by atoms with Crippen molar-refractivity contribution in [1.82, 2.24) is 0 Å². The molecule has 3 rings (SSSR count). The zero-order chi connectivity index (χ0) is 20.7. The Kier molecular flexibility index (Phi) is 10.3. The summed E-state index contributed by atoms with van der Waals surface area (Å²) in [7, 11) is -4.64. The van der Waals surface area contributed by atoms with Gasteiger partial charge in [-0.1, -0.05) is 87.9 Å². The van der Waals surface area contributed by atoms with Gasteiger partial charge in [-0.25, -0.2) is 8.42 Å². The van der Waals surface area contributed by atoms with E-state index in [2.05, 4.69) is 12.2 Å². The molecule has 0 aliphatic carbocycles. The van der Waals surface area contributed by atoms with Gasteiger partial charge < -0.3 is 14.8 Å². The molecular formula is C23H31KN2O3S. The normalized spacial score (nSPS) is 17.9. The van der Waals surface area contributed by atoms with Crippen molar-refractivity contribution in [2.45, 2.75) is 69.8 Å². The number of fused-ring (bicyclic) bond motifs is 1. The van der Waals surface area contributed by atoms with Crippen molar-refractivity contribution in [1.29, 1.82) is 0 Å². The van der Waals surface area contributed by atoms with Gasteiger partial charge in [0.15, 0.2) is 0 Å². The Labute approximate surface area is 223 Å². The largest absolute Gasteiger partial charge is 1.00 e. The van der Waals surface area contributed by atoms with Crippen LogP contribution in [0.25, 0.3) is 0 Å². The van der Waals surface area contributed by atoms with Gasteiger partial charge in [-0.2, -0.15) is 0 Å². The maximum absolute atomic E-state index is 12.6. The molecule has 158 valence electrons. The number of anilines is 2. The van der Waals surface area contributed by atoms with Gasteiger partial charge in [0.1, 0.15) is 10.1 Å². The minimum atomic E-state index is -4.64. The molecule has 7 heteroatoms. The summed E-state index contributed by atoms with van der Waals surface area (Å²) in [6.07, 6.45) is 7.78. The average molecular weight is 455 g/mol. The van der Waals surface area contributed by atoms with E-state index in [1.807, 2.05) is 54.6 Å². The molecule has 0 aromatic heterocycles. The van der Waals surface area contributed by atoms with Crippen LogP contribution in [-0.2, 0) is 16.7 Å². The van der Waals surface area contributed by atoms with Crippen molar-refractivity contribution < 1.29 is 64.4 Å². The molecule has 1 N–H and O–H groups in total. The quantitative estimate of drug-likeness (QED) is 0.321. The number of unbranched alkanes of at least 4 members (excludes halogenated alkanes) is 6. The van der Waals surface area contributed by atoms with Crippen LogP contribution in [0.1, 0.15) is 63.9 Å². The second-order valence-electron chi connectivity index (χ2n) is 7.82. The van der Waals surface area contributed by atoms with Crippen LogP contribution in [0.2, 0.25) is 0 Å². The average Bonchev–Trinajstić information content (AvgIpc) is 3.03. The fourth-order valence-corrected chi connectivity index (χ4v) is 5.17. The Balaban J connectivity index is 0.00000320. The maximum atomic E-state index is 12.6. The first-order valence-corrected chi connectivity index (χ1v) is 12.0. The molecule has 30 heavy (non-hydrogen) atoms. The minimum absolute atomic E-state index is 0. The van der Waals surface area contributed by atoms with Crippen LogP contribution in [0.15, 0.2) is 54.6 Å². The fourth-order valence-electron chi connectivity index (χ4n) is 4.11. The number of hydrogen-bond donors (Lipinski definition) is 1. The summed E-state index contributed by atoms with van der Waals surface area (Å²) in [5.74, 6) is 0. The van der Waals surface area contributed by atoms with Gasteiger partial charge in [-0.3, -0.25) is 0 Å². The number of hydrogen-bond acceptors (Lipinski definition) is 5. The first-order chi connectivity index (χ1) is 14.0. The predicted molar refractivity (Wildman–Crippen MR) is 118 cm³/mol. The molecule has 1 aliphatic heterocycles. The van der Waals surface area contributed by atoms with Crippen molar-refractivity contribution >= 4 is 21.5 Å². The standard InChI is InChI=1S/C23H32N2O3S.K/c1-2-3-4-5-6-7-13-18-23(29(26,27)28)24-21-16-11-12-17-22(21)25(23)19-20-14-9-8-10-15-20;/h8-12,14-17,24H,2-7,13,18-19H2,1H3,(H,26,27,28);/q;+1/p-1. The molecule has 0 saturated heterocycles. The van der Waals surface area contributed by atoms with Crippen LogP contribution in [-0.4, -0.2) is 18.0 Å². The van der Waals surface area contributed by atoms with Crippen LogP contribution in [0, 0.1) is 0 Å². The Morgan fingerprint density at radius 3 is 2.17 bits per heavy atom. The van der Waals surface area contributed by atoms with E-state index in [4.69, 9.17) is 0 Å². The molecule has 2 aromatic rings. The van der Waals surface area contributed by atoms with Gasteiger partial charge in [0.2, 0.25) is 4.99 Å². The molecule has 1 aliphatic rings. The smallest absolute Gasteiger partial charge is 0.745 e. The SMILES string of the molecule is CCCCCCCCCC1(S(=O)(=O)[O-])Nc2ccccc2N1Cc1ccccc1.[K+]. The Bertz CT molecular complexity index is 892. The van der Waals surface area contributed by atoms with Gasteiger partial charge in [0.25, 0.3) is 0 Å². The maximum Gasteiger partial charge on any atom is 1.00 e. The van der Waals surface area contributed by atoms with Crippen molar-refractivity contribution in [2.24, 2.45) is 0 Å². The van der Waals surface area contributed by atoms with Crippen LogP contribution < -0.4 is 61.6 Å². The van der Waals surface area contributed by atoms with Crippen LogP contribution in [0.3, 0.4) is 0 Å². The fraction of sp³-hybridized carbons (Fsp3) is 0.478. The van der Waals surface area contributed by atoms with E-state index < -0.39 is 15.1 Å². The first-order valence-electron chi connectivity index (χ1n) is 10.6. The second-order valence-corrected chi connectivity index (χ2v) is 9.41. The Morgan fingerprint density at radius 1 is 0.900 bits per heavy atom.